The molecule has 0 fully saturated rings. The second-order valence-electron chi connectivity index (χ2n) is 21.3. The van der Waals surface area contributed by atoms with Crippen LogP contribution in [0.4, 0.5) is 0 Å². The van der Waals surface area contributed by atoms with Crippen LogP contribution in [0.15, 0.2) is 109 Å². The molecule has 0 saturated carbocycles. The molecule has 0 aliphatic rings. The average molecular weight is 1070 g/mol. The summed E-state index contributed by atoms with van der Waals surface area (Å²) < 4.78 is 16.8. The number of allylic oxidation sites excluding steroid dienone is 18. The van der Waals surface area contributed by atoms with Gasteiger partial charge < -0.3 is 14.2 Å². The van der Waals surface area contributed by atoms with Crippen LogP contribution in [0.1, 0.15) is 303 Å². The summed E-state index contributed by atoms with van der Waals surface area (Å²) in [6.07, 6.45) is 88.3. The molecule has 0 radical (unpaired) electrons. The van der Waals surface area contributed by atoms with Gasteiger partial charge in [-0.1, -0.05) is 284 Å². The zero-order valence-corrected chi connectivity index (χ0v) is 50.4. The number of ether oxygens (including phenoxy) is 3. The molecule has 0 saturated heterocycles. The summed E-state index contributed by atoms with van der Waals surface area (Å²) in [4.78, 5) is 38.1. The molecule has 0 heterocycles. The molecule has 0 amide bonds. The SMILES string of the molecule is CC/C=C\C/C=C\C/C=C\C/C=C\C/C=C\C/C=C\C/C=C\CCCCCCCCCCCCCC(=O)OCC(COC(=O)CCCCCCCCC)OC(=O)CCCCCCCCCCC/C=C\C/C=C\CCCCC. The molecule has 0 aliphatic carbocycles. The molecular formula is C71H120O6. The molecule has 0 aromatic rings. The lowest BCUT2D eigenvalue weighted by Crippen LogP contribution is -2.30. The molecule has 1 unspecified atom stereocenters. The van der Waals surface area contributed by atoms with Gasteiger partial charge in [0.2, 0.25) is 0 Å². The van der Waals surface area contributed by atoms with Crippen LogP contribution in [-0.4, -0.2) is 37.2 Å². The van der Waals surface area contributed by atoms with Gasteiger partial charge in [-0.05, 0) is 109 Å². The van der Waals surface area contributed by atoms with E-state index in [0.717, 1.165) is 109 Å². The van der Waals surface area contributed by atoms with Crippen molar-refractivity contribution in [1.82, 2.24) is 0 Å². The summed E-state index contributed by atoms with van der Waals surface area (Å²) >= 11 is 0. The Labute approximate surface area is 476 Å². The topological polar surface area (TPSA) is 78.9 Å². The third-order valence-corrected chi connectivity index (χ3v) is 13.8. The molecule has 440 valence electrons. The van der Waals surface area contributed by atoms with Gasteiger partial charge in [0.25, 0.3) is 0 Å². The first-order valence-electron chi connectivity index (χ1n) is 32.4. The Balaban J connectivity index is 4.11. The molecule has 77 heavy (non-hydrogen) atoms. The highest BCUT2D eigenvalue weighted by molar-refractivity contribution is 5.71. The molecule has 0 rings (SSSR count). The van der Waals surface area contributed by atoms with Gasteiger partial charge in [0.15, 0.2) is 6.10 Å². The van der Waals surface area contributed by atoms with Crippen LogP contribution in [0.3, 0.4) is 0 Å². The Morgan fingerprint density at radius 2 is 0.506 bits per heavy atom. The van der Waals surface area contributed by atoms with E-state index in [4.69, 9.17) is 14.2 Å². The number of carbonyl (C=O) groups excluding carboxylic acids is 3. The van der Waals surface area contributed by atoms with Gasteiger partial charge in [-0.15, -0.1) is 0 Å². The Hall–Kier alpha value is -3.93. The van der Waals surface area contributed by atoms with E-state index in [0.29, 0.717) is 19.3 Å². The van der Waals surface area contributed by atoms with Crippen molar-refractivity contribution < 1.29 is 28.6 Å². The summed E-state index contributed by atoms with van der Waals surface area (Å²) in [5, 5.41) is 0. The normalized spacial score (nSPS) is 12.8. The van der Waals surface area contributed by atoms with Gasteiger partial charge in [-0.2, -0.15) is 0 Å². The molecule has 6 nitrogen and oxygen atoms in total. The first-order chi connectivity index (χ1) is 38.0. The van der Waals surface area contributed by atoms with Crippen molar-refractivity contribution in [2.75, 3.05) is 13.2 Å². The van der Waals surface area contributed by atoms with E-state index in [1.807, 2.05) is 0 Å². The lowest BCUT2D eigenvalue weighted by molar-refractivity contribution is -0.167. The van der Waals surface area contributed by atoms with Gasteiger partial charge in [0.05, 0.1) is 0 Å². The first-order valence-corrected chi connectivity index (χ1v) is 32.4. The predicted molar refractivity (Wildman–Crippen MR) is 334 cm³/mol. The number of hydrogen-bond acceptors (Lipinski definition) is 6. The maximum atomic E-state index is 12.8. The Morgan fingerprint density at radius 1 is 0.273 bits per heavy atom. The maximum Gasteiger partial charge on any atom is 0.306 e. The molecule has 0 aliphatic heterocycles. The molecular weight excluding hydrogens is 949 g/mol. The fourth-order valence-electron chi connectivity index (χ4n) is 8.92. The smallest absolute Gasteiger partial charge is 0.306 e. The van der Waals surface area contributed by atoms with Crippen molar-refractivity contribution in [1.29, 1.82) is 0 Å². The van der Waals surface area contributed by atoms with E-state index in [-0.39, 0.29) is 31.1 Å². The van der Waals surface area contributed by atoms with E-state index in [1.165, 1.54) is 154 Å². The number of rotatable bonds is 58. The van der Waals surface area contributed by atoms with Crippen LogP contribution in [0, 0.1) is 0 Å². The standard InChI is InChI=1S/C71H120O6/c1-4-7-10-13-16-18-20-22-24-26-28-29-30-31-32-33-34-35-36-37-38-39-40-41-43-44-46-48-50-52-55-58-61-64-70(73)76-67-68(66-75-69(72)63-60-57-54-15-12-9-6-3)77-71(74)65-62-59-56-53-51-49-47-45-42-27-25-23-21-19-17-14-11-8-5-2/h7,10,16-19,22-25,28-29,31-32,34-35,37-38,68H,4-6,8-9,11-15,20-21,26-27,30,33,36,39-67H2,1-3H3/b10-7-,18-16-,19-17-,24-22-,25-23-,29-28-,32-31-,35-34-,38-37-. The van der Waals surface area contributed by atoms with Crippen molar-refractivity contribution >= 4 is 17.9 Å². The Bertz CT molecular complexity index is 1560. The van der Waals surface area contributed by atoms with Crippen LogP contribution in [0.25, 0.3) is 0 Å². The summed E-state index contributed by atoms with van der Waals surface area (Å²) in [6, 6.07) is 0. The number of hydrogen-bond donors (Lipinski definition) is 0. The molecule has 6 heteroatoms. The van der Waals surface area contributed by atoms with E-state index >= 15 is 0 Å². The van der Waals surface area contributed by atoms with Gasteiger partial charge in [0, 0.05) is 19.3 Å². The van der Waals surface area contributed by atoms with Crippen LogP contribution < -0.4 is 0 Å². The van der Waals surface area contributed by atoms with E-state index in [1.54, 1.807) is 0 Å². The van der Waals surface area contributed by atoms with Crippen LogP contribution in [-0.2, 0) is 28.6 Å². The number of unbranched alkanes of at least 4 members (excludes halogenated alkanes) is 29. The second kappa shape index (κ2) is 64.6. The molecule has 0 spiro atoms. The highest BCUT2D eigenvalue weighted by Gasteiger charge is 2.19. The van der Waals surface area contributed by atoms with Crippen molar-refractivity contribution in [2.45, 2.75) is 309 Å². The maximum absolute atomic E-state index is 12.8. The highest BCUT2D eigenvalue weighted by atomic mass is 16.6. The average Bonchev–Trinajstić information content (AvgIpc) is 3.43. The highest BCUT2D eigenvalue weighted by Crippen LogP contribution is 2.16. The summed E-state index contributed by atoms with van der Waals surface area (Å²) in [6.45, 7) is 6.47. The summed E-state index contributed by atoms with van der Waals surface area (Å²) in [5.74, 6) is -0.886. The Morgan fingerprint density at radius 3 is 0.818 bits per heavy atom. The van der Waals surface area contributed by atoms with E-state index < -0.39 is 6.10 Å². The molecule has 0 aromatic carbocycles. The van der Waals surface area contributed by atoms with Gasteiger partial charge in [-0.3, -0.25) is 14.4 Å². The predicted octanol–water partition coefficient (Wildman–Crippen LogP) is 22.2. The van der Waals surface area contributed by atoms with Crippen molar-refractivity contribution in [3.8, 4) is 0 Å². The number of esters is 3. The third-order valence-electron chi connectivity index (χ3n) is 13.8. The van der Waals surface area contributed by atoms with Gasteiger partial charge in [-0.25, -0.2) is 0 Å². The van der Waals surface area contributed by atoms with Crippen molar-refractivity contribution in [2.24, 2.45) is 0 Å². The summed E-state index contributed by atoms with van der Waals surface area (Å²) in [7, 11) is 0. The minimum Gasteiger partial charge on any atom is -0.462 e. The van der Waals surface area contributed by atoms with Crippen molar-refractivity contribution in [3.05, 3.63) is 109 Å². The first kappa shape index (κ1) is 73.1. The van der Waals surface area contributed by atoms with Crippen LogP contribution in [0.5, 0.6) is 0 Å². The largest absolute Gasteiger partial charge is 0.462 e. The second-order valence-corrected chi connectivity index (χ2v) is 21.3. The van der Waals surface area contributed by atoms with Gasteiger partial charge >= 0.3 is 17.9 Å². The fourth-order valence-corrected chi connectivity index (χ4v) is 8.92. The molecule has 1 atom stereocenters. The molecule has 0 bridgehead atoms. The van der Waals surface area contributed by atoms with Crippen molar-refractivity contribution in [3.63, 3.8) is 0 Å². The quantitative estimate of drug-likeness (QED) is 0.0261. The number of carbonyl (C=O) groups is 3. The third kappa shape index (κ3) is 62.8. The fraction of sp³-hybridized carbons (Fsp3) is 0.704. The van der Waals surface area contributed by atoms with E-state index in [2.05, 4.69) is 130 Å². The van der Waals surface area contributed by atoms with Crippen LogP contribution >= 0.6 is 0 Å². The summed E-state index contributed by atoms with van der Waals surface area (Å²) in [5.41, 5.74) is 0. The van der Waals surface area contributed by atoms with E-state index in [9.17, 15) is 14.4 Å². The molecule has 0 aromatic heterocycles. The van der Waals surface area contributed by atoms with Crippen LogP contribution in [0.2, 0.25) is 0 Å². The lowest BCUT2D eigenvalue weighted by Gasteiger charge is -2.18. The minimum atomic E-state index is -0.779. The molecule has 0 N–H and O–H groups in total. The Kier molecular flexibility index (Phi) is 61.3. The zero-order chi connectivity index (χ0) is 55.7. The lowest BCUT2D eigenvalue weighted by atomic mass is 10.0. The minimum absolute atomic E-state index is 0.0785. The zero-order valence-electron chi connectivity index (χ0n) is 50.4. The monoisotopic (exact) mass is 1070 g/mol. The van der Waals surface area contributed by atoms with Gasteiger partial charge in [0.1, 0.15) is 13.2 Å².